The van der Waals surface area contributed by atoms with E-state index < -0.39 is 0 Å². The van der Waals surface area contributed by atoms with Gasteiger partial charge in [0.1, 0.15) is 0 Å². The second kappa shape index (κ2) is 4.77. The summed E-state index contributed by atoms with van der Waals surface area (Å²) >= 11 is 0. The van der Waals surface area contributed by atoms with Gasteiger partial charge >= 0.3 is 0 Å². The third-order valence-corrected chi connectivity index (χ3v) is 2.48. The van der Waals surface area contributed by atoms with E-state index in [0.29, 0.717) is 12.5 Å². The standard InChI is InChI=1S/C13H17N/c1-4-11-7-6-8-13(10(3)9-14)12(11)5-2/h4-8,10H,1-2,9,14H2,3H3/t10-/m0/s1. The quantitative estimate of drug-likeness (QED) is 0.770. The van der Waals surface area contributed by atoms with Crippen molar-refractivity contribution in [3.8, 4) is 0 Å². The molecule has 1 atom stereocenters. The number of hydrogen-bond acceptors (Lipinski definition) is 1. The van der Waals surface area contributed by atoms with E-state index in [-0.39, 0.29) is 0 Å². The molecule has 1 nitrogen and oxygen atoms in total. The molecule has 0 radical (unpaired) electrons. The van der Waals surface area contributed by atoms with Gasteiger partial charge in [-0.2, -0.15) is 0 Å². The lowest BCUT2D eigenvalue weighted by atomic mass is 9.92. The molecule has 0 aliphatic carbocycles. The summed E-state index contributed by atoms with van der Waals surface area (Å²) in [7, 11) is 0. The maximum atomic E-state index is 5.66. The van der Waals surface area contributed by atoms with Crippen molar-refractivity contribution in [1.29, 1.82) is 0 Å². The molecule has 1 aromatic carbocycles. The SMILES string of the molecule is C=Cc1cccc([C@@H](C)CN)c1C=C. The van der Waals surface area contributed by atoms with Crippen molar-refractivity contribution < 1.29 is 0 Å². The summed E-state index contributed by atoms with van der Waals surface area (Å²) in [6, 6.07) is 6.17. The fraction of sp³-hybridized carbons (Fsp3) is 0.231. The summed E-state index contributed by atoms with van der Waals surface area (Å²) < 4.78 is 0. The van der Waals surface area contributed by atoms with Crippen molar-refractivity contribution in [3.05, 3.63) is 48.0 Å². The summed E-state index contributed by atoms with van der Waals surface area (Å²) in [6.45, 7) is 10.4. The topological polar surface area (TPSA) is 26.0 Å². The number of nitrogens with two attached hydrogens (primary N) is 1. The maximum Gasteiger partial charge on any atom is -0.00107 e. The predicted octanol–water partition coefficient (Wildman–Crippen LogP) is 3.03. The van der Waals surface area contributed by atoms with Crippen LogP contribution in [0.25, 0.3) is 12.2 Å². The number of rotatable bonds is 4. The molecule has 0 amide bonds. The van der Waals surface area contributed by atoms with Crippen LogP contribution >= 0.6 is 0 Å². The number of hydrogen-bond donors (Lipinski definition) is 1. The van der Waals surface area contributed by atoms with Crippen molar-refractivity contribution in [2.24, 2.45) is 5.73 Å². The lowest BCUT2D eigenvalue weighted by molar-refractivity contribution is 0.772. The minimum absolute atomic E-state index is 0.364. The largest absolute Gasteiger partial charge is 0.330 e. The van der Waals surface area contributed by atoms with Gasteiger partial charge in [0.25, 0.3) is 0 Å². The minimum atomic E-state index is 0.364. The Morgan fingerprint density at radius 2 is 2.07 bits per heavy atom. The molecule has 0 aliphatic rings. The van der Waals surface area contributed by atoms with Gasteiger partial charge in [-0.1, -0.05) is 50.4 Å². The second-order valence-electron chi connectivity index (χ2n) is 3.40. The maximum absolute atomic E-state index is 5.66. The van der Waals surface area contributed by atoms with E-state index in [2.05, 4.69) is 26.1 Å². The van der Waals surface area contributed by atoms with Gasteiger partial charge in [-0.15, -0.1) is 0 Å². The Kier molecular flexibility index (Phi) is 3.66. The molecule has 1 heteroatoms. The van der Waals surface area contributed by atoms with E-state index in [1.807, 2.05) is 24.3 Å². The smallest absolute Gasteiger partial charge is 0.00107 e. The Balaban J connectivity index is 3.28. The van der Waals surface area contributed by atoms with Crippen LogP contribution in [0, 0.1) is 0 Å². The van der Waals surface area contributed by atoms with Crippen LogP contribution in [-0.4, -0.2) is 6.54 Å². The third kappa shape index (κ3) is 1.94. The first-order valence-corrected chi connectivity index (χ1v) is 4.82. The average Bonchev–Trinajstić information content (AvgIpc) is 2.26. The highest BCUT2D eigenvalue weighted by molar-refractivity contribution is 5.66. The number of benzene rings is 1. The van der Waals surface area contributed by atoms with Crippen LogP contribution in [0.2, 0.25) is 0 Å². The summed E-state index contributed by atoms with van der Waals surface area (Å²) in [5.74, 6) is 0.364. The van der Waals surface area contributed by atoms with Crippen molar-refractivity contribution in [2.75, 3.05) is 6.54 Å². The minimum Gasteiger partial charge on any atom is -0.330 e. The van der Waals surface area contributed by atoms with Crippen LogP contribution < -0.4 is 5.73 Å². The van der Waals surface area contributed by atoms with E-state index in [1.54, 1.807) is 0 Å². The lowest BCUT2D eigenvalue weighted by Gasteiger charge is -2.14. The monoisotopic (exact) mass is 187 g/mol. The molecular weight excluding hydrogens is 170 g/mol. The van der Waals surface area contributed by atoms with E-state index in [0.717, 1.165) is 11.1 Å². The van der Waals surface area contributed by atoms with Crippen LogP contribution in [0.4, 0.5) is 0 Å². The summed E-state index contributed by atoms with van der Waals surface area (Å²) in [5.41, 5.74) is 9.19. The normalized spacial score (nSPS) is 12.1. The third-order valence-electron chi connectivity index (χ3n) is 2.48. The molecule has 0 aliphatic heterocycles. The molecule has 14 heavy (non-hydrogen) atoms. The van der Waals surface area contributed by atoms with Crippen molar-refractivity contribution in [1.82, 2.24) is 0 Å². The van der Waals surface area contributed by atoms with Crippen LogP contribution in [-0.2, 0) is 0 Å². The molecule has 0 spiro atoms. The van der Waals surface area contributed by atoms with Gasteiger partial charge in [0.2, 0.25) is 0 Å². The molecule has 0 bridgehead atoms. The summed E-state index contributed by atoms with van der Waals surface area (Å²) in [5, 5.41) is 0. The zero-order valence-corrected chi connectivity index (χ0v) is 8.66. The Bertz CT molecular complexity index is 339. The fourth-order valence-electron chi connectivity index (χ4n) is 1.57. The highest BCUT2D eigenvalue weighted by Gasteiger charge is 2.08. The first-order valence-electron chi connectivity index (χ1n) is 4.82. The first kappa shape index (κ1) is 10.7. The molecule has 0 saturated heterocycles. The van der Waals surface area contributed by atoms with E-state index in [4.69, 9.17) is 5.73 Å². The molecule has 0 fully saturated rings. The van der Waals surface area contributed by atoms with Gasteiger partial charge in [0.05, 0.1) is 0 Å². The highest BCUT2D eigenvalue weighted by Crippen LogP contribution is 2.24. The molecule has 1 rings (SSSR count). The Labute approximate surface area is 85.9 Å². The molecule has 1 aromatic rings. The van der Waals surface area contributed by atoms with Crippen LogP contribution in [0.15, 0.2) is 31.4 Å². The molecule has 0 saturated carbocycles. The van der Waals surface area contributed by atoms with Gasteiger partial charge in [-0.25, -0.2) is 0 Å². The highest BCUT2D eigenvalue weighted by atomic mass is 14.5. The van der Waals surface area contributed by atoms with Gasteiger partial charge in [0.15, 0.2) is 0 Å². The fourth-order valence-corrected chi connectivity index (χ4v) is 1.57. The predicted molar refractivity (Wildman–Crippen MR) is 64.1 cm³/mol. The van der Waals surface area contributed by atoms with Crippen molar-refractivity contribution in [3.63, 3.8) is 0 Å². The first-order chi connectivity index (χ1) is 6.74. The summed E-state index contributed by atoms with van der Waals surface area (Å²) in [4.78, 5) is 0. The molecule has 74 valence electrons. The van der Waals surface area contributed by atoms with Crippen molar-refractivity contribution >= 4 is 12.2 Å². The van der Waals surface area contributed by atoms with Gasteiger partial charge in [-0.3, -0.25) is 0 Å². The average molecular weight is 187 g/mol. The van der Waals surface area contributed by atoms with Crippen LogP contribution in [0.5, 0.6) is 0 Å². The van der Waals surface area contributed by atoms with Crippen LogP contribution in [0.1, 0.15) is 29.5 Å². The lowest BCUT2D eigenvalue weighted by Crippen LogP contribution is -2.10. The molecule has 0 heterocycles. The molecule has 0 aromatic heterocycles. The van der Waals surface area contributed by atoms with Gasteiger partial charge in [0, 0.05) is 0 Å². The Hall–Kier alpha value is -1.34. The van der Waals surface area contributed by atoms with E-state index >= 15 is 0 Å². The van der Waals surface area contributed by atoms with Crippen LogP contribution in [0.3, 0.4) is 0 Å². The Morgan fingerprint density at radius 3 is 2.57 bits per heavy atom. The Morgan fingerprint density at radius 1 is 1.36 bits per heavy atom. The molecule has 2 N–H and O–H groups in total. The van der Waals surface area contributed by atoms with E-state index in [1.165, 1.54) is 5.56 Å². The second-order valence-corrected chi connectivity index (χ2v) is 3.40. The van der Waals surface area contributed by atoms with Gasteiger partial charge in [-0.05, 0) is 29.2 Å². The van der Waals surface area contributed by atoms with Gasteiger partial charge < -0.3 is 5.73 Å². The molecular formula is C13H17N. The van der Waals surface area contributed by atoms with E-state index in [9.17, 15) is 0 Å². The summed E-state index contributed by atoms with van der Waals surface area (Å²) in [6.07, 6.45) is 3.72. The molecule has 0 unspecified atom stereocenters. The van der Waals surface area contributed by atoms with Crippen molar-refractivity contribution in [2.45, 2.75) is 12.8 Å². The zero-order chi connectivity index (χ0) is 10.6. The zero-order valence-electron chi connectivity index (χ0n) is 8.66.